The molecule has 2 aromatic rings. The van der Waals surface area contributed by atoms with Gasteiger partial charge in [-0.1, -0.05) is 17.8 Å². The lowest BCUT2D eigenvalue weighted by Gasteiger charge is -2.35. The van der Waals surface area contributed by atoms with Gasteiger partial charge < -0.3 is 14.5 Å². The molecule has 28 heavy (non-hydrogen) atoms. The molecular weight excluding hydrogens is 378 g/mol. The summed E-state index contributed by atoms with van der Waals surface area (Å²) >= 11 is 1.21. The summed E-state index contributed by atoms with van der Waals surface area (Å²) in [5.74, 6) is 0.352. The monoisotopic (exact) mass is 401 g/mol. The molecule has 148 valence electrons. The fraction of sp³-hybridized carbons (Fsp3) is 0.421. The van der Waals surface area contributed by atoms with E-state index in [9.17, 15) is 9.59 Å². The molecular formula is C19H23N5O3S. The summed E-state index contributed by atoms with van der Waals surface area (Å²) < 4.78 is 5.12. The van der Waals surface area contributed by atoms with Crippen molar-refractivity contribution in [1.82, 2.24) is 19.9 Å². The molecule has 1 fully saturated rings. The second-order valence-corrected chi connectivity index (χ2v) is 7.38. The third-order valence-corrected chi connectivity index (χ3v) is 5.06. The molecule has 0 saturated carbocycles. The molecule has 0 unspecified atom stereocenters. The second-order valence-electron chi connectivity index (χ2n) is 6.44. The number of esters is 1. The molecule has 3 rings (SSSR count). The molecule has 9 heteroatoms. The first-order valence-corrected chi connectivity index (χ1v) is 10.0. The lowest BCUT2D eigenvalue weighted by Crippen LogP contribution is -2.50. The zero-order valence-electron chi connectivity index (χ0n) is 16.0. The molecule has 0 spiro atoms. The predicted octanol–water partition coefficient (Wildman–Crippen LogP) is 1.47. The first-order chi connectivity index (χ1) is 13.5. The van der Waals surface area contributed by atoms with Crippen molar-refractivity contribution in [2.75, 3.05) is 43.4 Å². The van der Waals surface area contributed by atoms with Crippen LogP contribution in [0.2, 0.25) is 0 Å². The number of piperazine rings is 1. The number of hydrogen-bond acceptors (Lipinski definition) is 8. The third kappa shape index (κ3) is 5.66. The van der Waals surface area contributed by atoms with Crippen LogP contribution in [0.3, 0.4) is 0 Å². The highest BCUT2D eigenvalue weighted by Crippen LogP contribution is 2.15. The maximum absolute atomic E-state index is 12.3. The van der Waals surface area contributed by atoms with Gasteiger partial charge in [-0.15, -0.1) is 0 Å². The summed E-state index contributed by atoms with van der Waals surface area (Å²) in [7, 11) is 0. The van der Waals surface area contributed by atoms with Gasteiger partial charge in [0, 0.05) is 43.8 Å². The number of carbonyl (C=O) groups excluding carboxylic acids is 2. The van der Waals surface area contributed by atoms with Crippen molar-refractivity contribution in [3.8, 4) is 0 Å². The Kier molecular flexibility index (Phi) is 6.80. The standard InChI is InChI=1S/C19H23N5O3S/c1-14-11-15(2)22-19(21-14)28-13-18(26)27-12-17(25)24-9-7-23(8-10-24)16-5-3-4-6-20-16/h3-6,11H,7-10,12-13H2,1-2H3. The van der Waals surface area contributed by atoms with E-state index < -0.39 is 5.97 Å². The van der Waals surface area contributed by atoms with Crippen LogP contribution in [0.1, 0.15) is 11.4 Å². The molecule has 0 aliphatic carbocycles. The fourth-order valence-corrected chi connectivity index (χ4v) is 3.63. The number of amides is 1. The summed E-state index contributed by atoms with van der Waals surface area (Å²) in [5, 5.41) is 0.534. The van der Waals surface area contributed by atoms with E-state index in [4.69, 9.17) is 4.74 Å². The number of nitrogens with zero attached hydrogens (tertiary/aromatic N) is 5. The van der Waals surface area contributed by atoms with Crippen molar-refractivity contribution in [3.05, 3.63) is 41.9 Å². The van der Waals surface area contributed by atoms with Crippen LogP contribution in [-0.4, -0.2) is 70.3 Å². The first kappa shape index (κ1) is 20.1. The van der Waals surface area contributed by atoms with Gasteiger partial charge in [-0.05, 0) is 32.0 Å². The molecule has 1 aliphatic rings. The maximum Gasteiger partial charge on any atom is 0.316 e. The summed E-state index contributed by atoms with van der Waals surface area (Å²) in [6, 6.07) is 7.65. The molecule has 1 amide bonds. The number of thioether (sulfide) groups is 1. The minimum atomic E-state index is -0.451. The van der Waals surface area contributed by atoms with Crippen molar-refractivity contribution >= 4 is 29.5 Å². The highest BCUT2D eigenvalue weighted by Gasteiger charge is 2.22. The Labute approximate surface area is 168 Å². The van der Waals surface area contributed by atoms with Crippen LogP contribution in [0.15, 0.2) is 35.6 Å². The van der Waals surface area contributed by atoms with E-state index in [2.05, 4.69) is 19.9 Å². The number of ether oxygens (including phenoxy) is 1. The van der Waals surface area contributed by atoms with Gasteiger partial charge in [0.1, 0.15) is 5.82 Å². The van der Waals surface area contributed by atoms with Crippen LogP contribution in [0, 0.1) is 13.8 Å². The minimum Gasteiger partial charge on any atom is -0.455 e. The van der Waals surface area contributed by atoms with Gasteiger partial charge in [-0.25, -0.2) is 15.0 Å². The predicted molar refractivity (Wildman–Crippen MR) is 106 cm³/mol. The summed E-state index contributed by atoms with van der Waals surface area (Å²) in [5.41, 5.74) is 1.70. The number of aryl methyl sites for hydroxylation is 2. The summed E-state index contributed by atoms with van der Waals surface area (Å²) in [6.45, 7) is 6.09. The number of pyridine rings is 1. The quantitative estimate of drug-likeness (QED) is 0.409. The van der Waals surface area contributed by atoms with Gasteiger partial charge in [0.2, 0.25) is 0 Å². The van der Waals surface area contributed by atoms with Gasteiger partial charge in [0.15, 0.2) is 11.8 Å². The number of rotatable bonds is 6. The van der Waals surface area contributed by atoms with E-state index in [0.717, 1.165) is 17.2 Å². The van der Waals surface area contributed by atoms with Gasteiger partial charge in [0.25, 0.3) is 5.91 Å². The first-order valence-electron chi connectivity index (χ1n) is 9.06. The molecule has 2 aromatic heterocycles. The Balaban J connectivity index is 1.39. The van der Waals surface area contributed by atoms with Gasteiger partial charge in [-0.3, -0.25) is 9.59 Å². The average molecular weight is 401 g/mol. The van der Waals surface area contributed by atoms with Crippen molar-refractivity contribution in [2.24, 2.45) is 0 Å². The minimum absolute atomic E-state index is 0.0730. The highest BCUT2D eigenvalue weighted by atomic mass is 32.2. The third-order valence-electron chi connectivity index (χ3n) is 4.24. The van der Waals surface area contributed by atoms with E-state index in [1.807, 2.05) is 38.1 Å². The van der Waals surface area contributed by atoms with Gasteiger partial charge in [0.05, 0.1) is 5.75 Å². The van der Waals surface area contributed by atoms with Crippen molar-refractivity contribution in [3.63, 3.8) is 0 Å². The molecule has 0 radical (unpaired) electrons. The topological polar surface area (TPSA) is 88.5 Å². The van der Waals surface area contributed by atoms with Gasteiger partial charge >= 0.3 is 5.97 Å². The highest BCUT2D eigenvalue weighted by molar-refractivity contribution is 7.99. The van der Waals surface area contributed by atoms with Crippen molar-refractivity contribution < 1.29 is 14.3 Å². The van der Waals surface area contributed by atoms with Crippen molar-refractivity contribution in [2.45, 2.75) is 19.0 Å². The molecule has 8 nitrogen and oxygen atoms in total. The number of aromatic nitrogens is 3. The Hall–Kier alpha value is -2.68. The van der Waals surface area contributed by atoms with Gasteiger partial charge in [-0.2, -0.15) is 0 Å². The van der Waals surface area contributed by atoms with Crippen LogP contribution in [0.25, 0.3) is 0 Å². The Morgan fingerprint density at radius 3 is 2.46 bits per heavy atom. The van der Waals surface area contributed by atoms with E-state index in [1.54, 1.807) is 11.1 Å². The molecule has 0 N–H and O–H groups in total. The molecule has 0 atom stereocenters. The largest absolute Gasteiger partial charge is 0.455 e. The van der Waals surface area contributed by atoms with Crippen LogP contribution in [0.4, 0.5) is 5.82 Å². The van der Waals surface area contributed by atoms with Crippen LogP contribution in [-0.2, 0) is 14.3 Å². The molecule has 3 heterocycles. The summed E-state index contributed by atoms with van der Waals surface area (Å²) in [4.78, 5) is 40.9. The molecule has 1 aliphatic heterocycles. The smallest absolute Gasteiger partial charge is 0.316 e. The summed E-state index contributed by atoms with van der Waals surface area (Å²) in [6.07, 6.45) is 1.76. The lowest BCUT2D eigenvalue weighted by molar-refractivity contribution is -0.150. The second kappa shape index (κ2) is 9.50. The Morgan fingerprint density at radius 2 is 1.82 bits per heavy atom. The fourth-order valence-electron chi connectivity index (χ4n) is 2.88. The van der Waals surface area contributed by atoms with E-state index in [0.29, 0.717) is 31.3 Å². The van der Waals surface area contributed by atoms with E-state index >= 15 is 0 Å². The number of carbonyl (C=O) groups is 2. The van der Waals surface area contributed by atoms with Crippen molar-refractivity contribution in [1.29, 1.82) is 0 Å². The molecule has 0 aromatic carbocycles. The Morgan fingerprint density at radius 1 is 1.11 bits per heavy atom. The zero-order chi connectivity index (χ0) is 19.9. The normalized spacial score (nSPS) is 14.1. The van der Waals surface area contributed by atoms with Crippen LogP contribution in [0.5, 0.6) is 0 Å². The maximum atomic E-state index is 12.3. The van der Waals surface area contributed by atoms with E-state index in [-0.39, 0.29) is 18.3 Å². The zero-order valence-corrected chi connectivity index (χ0v) is 16.8. The number of anilines is 1. The Bertz CT molecular complexity index is 805. The van der Waals surface area contributed by atoms with E-state index in [1.165, 1.54) is 11.8 Å². The van der Waals surface area contributed by atoms with Crippen LogP contribution < -0.4 is 4.90 Å². The molecule has 1 saturated heterocycles. The van der Waals surface area contributed by atoms with Crippen LogP contribution >= 0.6 is 11.8 Å². The number of hydrogen-bond donors (Lipinski definition) is 0. The lowest BCUT2D eigenvalue weighted by atomic mass is 10.3. The average Bonchev–Trinajstić information content (AvgIpc) is 2.70. The SMILES string of the molecule is Cc1cc(C)nc(SCC(=O)OCC(=O)N2CCN(c3ccccn3)CC2)n1. The molecule has 0 bridgehead atoms.